The average Bonchev–Trinajstić information content (AvgIpc) is 3.72. The van der Waals surface area contributed by atoms with E-state index in [1.54, 1.807) is 14.2 Å². The van der Waals surface area contributed by atoms with E-state index in [1.165, 1.54) is 0 Å². The standard InChI is InChI=1S/C36H38Cl2N6O4/c1-47-35-23(19-39-15-21-13-31(45)41-17-21)9-11-29(43-35)27-7-3-5-25(33(27)37)26-6-4-8-28(34(26)38)30-12-10-24(36(44-30)48-2)20-40-16-22-14-32(46)42-18-22/h3-12,21-22,39-40H,13-20H2,1-2H3,(H,41,45)(H,42,46)/t21-,22-/m0/s1. The molecular formula is C36H38Cl2N6O4. The van der Waals surface area contributed by atoms with Crippen LogP contribution in [-0.2, 0) is 22.7 Å². The molecule has 2 aliphatic rings. The molecule has 4 heterocycles. The van der Waals surface area contributed by atoms with Crippen LogP contribution in [0.5, 0.6) is 11.8 Å². The van der Waals surface area contributed by atoms with Crippen LogP contribution < -0.4 is 30.7 Å². The number of hydrogen-bond acceptors (Lipinski definition) is 8. The Morgan fingerprint density at radius 3 is 1.46 bits per heavy atom. The second-order valence-electron chi connectivity index (χ2n) is 12.1. The van der Waals surface area contributed by atoms with Gasteiger partial charge in [0.1, 0.15) is 0 Å². The van der Waals surface area contributed by atoms with Crippen LogP contribution in [0, 0.1) is 11.8 Å². The molecule has 48 heavy (non-hydrogen) atoms. The molecule has 2 aromatic carbocycles. The van der Waals surface area contributed by atoms with E-state index in [2.05, 4.69) is 21.3 Å². The molecule has 2 saturated heterocycles. The van der Waals surface area contributed by atoms with E-state index in [1.807, 2.05) is 60.7 Å². The summed E-state index contributed by atoms with van der Waals surface area (Å²) in [6.07, 6.45) is 1.09. The van der Waals surface area contributed by atoms with E-state index in [0.717, 1.165) is 46.5 Å². The van der Waals surface area contributed by atoms with Crippen LogP contribution in [0.3, 0.4) is 0 Å². The summed E-state index contributed by atoms with van der Waals surface area (Å²) in [5, 5.41) is 13.6. The number of amides is 2. The van der Waals surface area contributed by atoms with Crippen molar-refractivity contribution in [3.05, 3.63) is 81.8 Å². The molecule has 10 nitrogen and oxygen atoms in total. The van der Waals surface area contributed by atoms with Crippen molar-refractivity contribution >= 4 is 35.0 Å². The number of ether oxygens (including phenoxy) is 2. The lowest BCUT2D eigenvalue weighted by atomic mass is 9.98. The summed E-state index contributed by atoms with van der Waals surface area (Å²) < 4.78 is 11.3. The summed E-state index contributed by atoms with van der Waals surface area (Å²) in [5.74, 6) is 1.77. The number of methoxy groups -OCH3 is 2. The Kier molecular flexibility index (Phi) is 10.8. The van der Waals surface area contributed by atoms with E-state index in [0.29, 0.717) is 72.2 Å². The highest BCUT2D eigenvalue weighted by Crippen LogP contribution is 2.42. The van der Waals surface area contributed by atoms with E-state index >= 15 is 0 Å². The maximum atomic E-state index is 11.5. The third-order valence-corrected chi connectivity index (χ3v) is 9.54. The van der Waals surface area contributed by atoms with E-state index in [4.69, 9.17) is 42.6 Å². The number of aromatic nitrogens is 2. The highest BCUT2D eigenvalue weighted by Gasteiger charge is 2.23. The molecule has 0 saturated carbocycles. The van der Waals surface area contributed by atoms with Gasteiger partial charge in [0.2, 0.25) is 23.6 Å². The fourth-order valence-corrected chi connectivity index (χ4v) is 6.83. The third-order valence-electron chi connectivity index (χ3n) is 8.73. The van der Waals surface area contributed by atoms with Gasteiger partial charge in [0.15, 0.2) is 0 Å². The number of halogens is 2. The summed E-state index contributed by atoms with van der Waals surface area (Å²) in [6.45, 7) is 3.97. The number of hydrogen-bond donors (Lipinski definition) is 4. The first-order chi connectivity index (χ1) is 23.3. The zero-order valence-electron chi connectivity index (χ0n) is 26.9. The zero-order valence-corrected chi connectivity index (χ0v) is 28.4. The number of nitrogens with zero attached hydrogens (tertiary/aromatic N) is 2. The minimum absolute atomic E-state index is 0.0984. The predicted molar refractivity (Wildman–Crippen MR) is 187 cm³/mol. The van der Waals surface area contributed by atoms with Gasteiger partial charge in [-0.3, -0.25) is 9.59 Å². The molecule has 2 aromatic heterocycles. The minimum atomic E-state index is 0.0984. The Balaban J connectivity index is 1.20. The maximum Gasteiger partial charge on any atom is 0.220 e. The third kappa shape index (κ3) is 7.57. The summed E-state index contributed by atoms with van der Waals surface area (Å²) >= 11 is 14.1. The maximum absolute atomic E-state index is 11.5. The lowest BCUT2D eigenvalue weighted by Gasteiger charge is -2.16. The van der Waals surface area contributed by atoms with Crippen molar-refractivity contribution in [2.45, 2.75) is 25.9 Å². The Labute approximate surface area is 289 Å². The van der Waals surface area contributed by atoms with Gasteiger partial charge in [-0.1, -0.05) is 71.7 Å². The fraction of sp³-hybridized carbons (Fsp3) is 0.333. The first-order valence-electron chi connectivity index (χ1n) is 15.9. The fourth-order valence-electron chi connectivity index (χ4n) is 6.18. The number of carbonyl (C=O) groups is 2. The lowest BCUT2D eigenvalue weighted by molar-refractivity contribution is -0.120. The lowest BCUT2D eigenvalue weighted by Crippen LogP contribution is -2.24. The SMILES string of the molecule is COc1nc(-c2cccc(-c3cccc(-c4ccc(CNC[C@H]5CNC(=O)C5)c(OC)n4)c3Cl)c2Cl)ccc1CNC[C@H]1CNC(=O)C1. The van der Waals surface area contributed by atoms with Crippen molar-refractivity contribution < 1.29 is 19.1 Å². The topological polar surface area (TPSA) is 126 Å². The monoisotopic (exact) mass is 688 g/mol. The molecule has 0 aliphatic carbocycles. The van der Waals surface area contributed by atoms with Gasteiger partial charge < -0.3 is 30.7 Å². The smallest absolute Gasteiger partial charge is 0.220 e. The van der Waals surface area contributed by atoms with Crippen LogP contribution in [0.2, 0.25) is 10.0 Å². The molecule has 6 rings (SSSR count). The van der Waals surface area contributed by atoms with Gasteiger partial charge in [0.25, 0.3) is 0 Å². The summed E-state index contributed by atoms with van der Waals surface area (Å²) in [6, 6.07) is 19.4. The van der Waals surface area contributed by atoms with E-state index in [-0.39, 0.29) is 23.7 Å². The van der Waals surface area contributed by atoms with Crippen LogP contribution in [0.15, 0.2) is 60.7 Å². The highest BCUT2D eigenvalue weighted by atomic mass is 35.5. The number of pyridine rings is 2. The average molecular weight is 690 g/mol. The van der Waals surface area contributed by atoms with Crippen molar-refractivity contribution in [1.29, 1.82) is 0 Å². The molecule has 4 N–H and O–H groups in total. The summed E-state index contributed by atoms with van der Waals surface area (Å²) in [7, 11) is 3.20. The molecule has 0 bridgehead atoms. The number of nitrogens with one attached hydrogen (secondary N) is 4. The van der Waals surface area contributed by atoms with Gasteiger partial charge in [-0.25, -0.2) is 9.97 Å². The largest absolute Gasteiger partial charge is 0.481 e. The van der Waals surface area contributed by atoms with Gasteiger partial charge in [-0.15, -0.1) is 0 Å². The predicted octanol–water partition coefficient (Wildman–Crippen LogP) is 5.25. The van der Waals surface area contributed by atoms with Crippen molar-refractivity contribution in [3.8, 4) is 45.4 Å². The molecular weight excluding hydrogens is 651 g/mol. The van der Waals surface area contributed by atoms with Crippen LogP contribution in [-0.4, -0.2) is 62.2 Å². The first kappa shape index (κ1) is 33.7. The van der Waals surface area contributed by atoms with E-state index in [9.17, 15) is 9.59 Å². The van der Waals surface area contributed by atoms with Gasteiger partial charge in [-0.2, -0.15) is 0 Å². The Bertz CT molecular complexity index is 1690. The second kappa shape index (κ2) is 15.3. The van der Waals surface area contributed by atoms with Gasteiger partial charge in [0.05, 0.1) is 35.7 Å². The molecule has 250 valence electrons. The minimum Gasteiger partial charge on any atom is -0.481 e. The van der Waals surface area contributed by atoms with Crippen molar-refractivity contribution in [2.24, 2.45) is 11.8 Å². The number of benzene rings is 2. The Hall–Kier alpha value is -4.22. The van der Waals surface area contributed by atoms with E-state index < -0.39 is 0 Å². The van der Waals surface area contributed by atoms with Crippen LogP contribution in [0.25, 0.3) is 33.6 Å². The van der Waals surface area contributed by atoms with Crippen molar-refractivity contribution in [1.82, 2.24) is 31.2 Å². The zero-order chi connectivity index (χ0) is 33.6. The molecule has 2 aliphatic heterocycles. The van der Waals surface area contributed by atoms with Crippen LogP contribution >= 0.6 is 23.2 Å². The quantitative estimate of drug-likeness (QED) is 0.150. The van der Waals surface area contributed by atoms with Gasteiger partial charge in [-0.05, 0) is 24.0 Å². The van der Waals surface area contributed by atoms with Crippen molar-refractivity contribution in [3.63, 3.8) is 0 Å². The van der Waals surface area contributed by atoms with Crippen LogP contribution in [0.1, 0.15) is 24.0 Å². The molecule has 0 radical (unpaired) electrons. The Morgan fingerprint density at radius 2 is 1.08 bits per heavy atom. The Morgan fingerprint density at radius 1 is 0.667 bits per heavy atom. The molecule has 0 unspecified atom stereocenters. The number of rotatable bonds is 13. The molecule has 2 fully saturated rings. The normalized spacial score (nSPS) is 17.3. The van der Waals surface area contributed by atoms with Gasteiger partial charge in [0, 0.05) is 85.5 Å². The molecule has 2 amide bonds. The second-order valence-corrected chi connectivity index (χ2v) is 12.8. The first-order valence-corrected chi connectivity index (χ1v) is 16.7. The van der Waals surface area contributed by atoms with Crippen molar-refractivity contribution in [2.75, 3.05) is 40.4 Å². The summed E-state index contributed by atoms with van der Waals surface area (Å²) in [4.78, 5) is 32.6. The molecule has 2 atom stereocenters. The molecule has 4 aromatic rings. The summed E-state index contributed by atoms with van der Waals surface area (Å²) in [5.41, 5.74) is 6.19. The molecule has 0 spiro atoms. The molecule has 12 heteroatoms. The number of carbonyl (C=O) groups excluding carboxylic acids is 2. The highest BCUT2D eigenvalue weighted by molar-refractivity contribution is 6.39. The van der Waals surface area contributed by atoms with Crippen LogP contribution in [0.4, 0.5) is 0 Å². The van der Waals surface area contributed by atoms with Gasteiger partial charge >= 0.3 is 0 Å².